The Balaban J connectivity index is 1.67. The highest BCUT2D eigenvalue weighted by Crippen LogP contribution is 2.30. The maximum absolute atomic E-state index is 12.7. The summed E-state index contributed by atoms with van der Waals surface area (Å²) in [6.07, 6.45) is 0.710. The van der Waals surface area contributed by atoms with Crippen LogP contribution < -0.4 is 15.8 Å². The number of nitrogens with two attached hydrogens (primary N) is 1. The van der Waals surface area contributed by atoms with E-state index in [0.29, 0.717) is 25.1 Å². The first-order valence-corrected chi connectivity index (χ1v) is 13.3. The highest BCUT2D eigenvalue weighted by molar-refractivity contribution is 7.93. The van der Waals surface area contributed by atoms with E-state index >= 15 is 0 Å². The van der Waals surface area contributed by atoms with E-state index in [1.165, 1.54) is 18.2 Å². The number of urea groups is 1. The van der Waals surface area contributed by atoms with Gasteiger partial charge in [-0.2, -0.15) is 18.3 Å². The van der Waals surface area contributed by atoms with Gasteiger partial charge in [-0.05, 0) is 68.3 Å². The topological polar surface area (TPSA) is 119 Å². The number of halogens is 3. The van der Waals surface area contributed by atoms with Crippen molar-refractivity contribution in [2.45, 2.75) is 25.9 Å². The van der Waals surface area contributed by atoms with Crippen molar-refractivity contribution in [1.82, 2.24) is 15.1 Å². The summed E-state index contributed by atoms with van der Waals surface area (Å²) in [4.78, 5) is 12.0. The Morgan fingerprint density at radius 3 is 2.36 bits per heavy atom. The number of rotatable bonds is 10. The summed E-state index contributed by atoms with van der Waals surface area (Å²) in [6, 6.07) is 15.1. The number of primary sulfonamides is 1. The Morgan fingerprint density at radius 2 is 1.77 bits per heavy atom. The van der Waals surface area contributed by atoms with Gasteiger partial charge in [0.1, 0.15) is 0 Å². The van der Waals surface area contributed by atoms with E-state index in [2.05, 4.69) is 22.3 Å². The molecule has 2 aromatic carbocycles. The van der Waals surface area contributed by atoms with E-state index in [-0.39, 0.29) is 10.6 Å². The van der Waals surface area contributed by atoms with Gasteiger partial charge < -0.3 is 10.6 Å². The zero-order chi connectivity index (χ0) is 28.6. The molecule has 0 aliphatic rings. The van der Waals surface area contributed by atoms with Gasteiger partial charge >= 0.3 is 12.2 Å². The molecule has 4 N–H and O–H groups in total. The van der Waals surface area contributed by atoms with Gasteiger partial charge in [-0.1, -0.05) is 36.9 Å². The molecule has 1 aromatic heterocycles. The summed E-state index contributed by atoms with van der Waals surface area (Å²) < 4.78 is 63.1. The first-order valence-electron chi connectivity index (χ1n) is 11.8. The summed E-state index contributed by atoms with van der Waals surface area (Å²) >= 11 is 0. The van der Waals surface area contributed by atoms with E-state index in [1.807, 2.05) is 36.4 Å². The summed E-state index contributed by atoms with van der Waals surface area (Å²) in [5.74, 6) is 0. The van der Waals surface area contributed by atoms with Crippen LogP contribution in [0.4, 0.5) is 23.7 Å². The third-order valence-electron chi connectivity index (χ3n) is 5.55. The predicted molar refractivity (Wildman–Crippen MR) is 146 cm³/mol. The average Bonchev–Trinajstić information content (AvgIpc) is 3.31. The van der Waals surface area contributed by atoms with Gasteiger partial charge in [-0.15, -0.1) is 0 Å². The number of aryl methyl sites for hydroxylation is 1. The molecule has 0 unspecified atom stereocenters. The second-order valence-corrected chi connectivity index (χ2v) is 10.0. The smallest absolute Gasteiger partial charge is 0.338 e. The van der Waals surface area contributed by atoms with Crippen LogP contribution in [0.25, 0.3) is 17.0 Å². The number of aromatic nitrogens is 2. The minimum Gasteiger partial charge on any atom is -0.338 e. The molecule has 0 saturated heterocycles. The molecule has 0 aliphatic heterocycles. The number of hydrogen-bond donors (Lipinski definition) is 3. The standard InChI is InChI=1S/C27H28F3N5O3S/c1-3-24(39(31,37)38)16-11-19(2)35-25(20-8-5-4-6-9-20)18-23(34-35)10-7-17-32-26(36)33-22-14-12-21(13-15-22)27(28,29)30/h3-6,8-9,11-16,18H,1,7,10,17H2,2H3,(H2,31,37,38)(H2,32,33,36)/b19-11+,24-16+. The van der Waals surface area contributed by atoms with Crippen molar-refractivity contribution in [3.05, 3.63) is 102 Å². The van der Waals surface area contributed by atoms with Gasteiger partial charge in [0.15, 0.2) is 0 Å². The third-order valence-corrected chi connectivity index (χ3v) is 6.51. The Kier molecular flexibility index (Phi) is 9.49. The van der Waals surface area contributed by atoms with E-state index in [0.717, 1.165) is 35.2 Å². The normalized spacial score (nSPS) is 12.7. The lowest BCUT2D eigenvalue weighted by molar-refractivity contribution is -0.137. The lowest BCUT2D eigenvalue weighted by Gasteiger charge is -2.09. The highest BCUT2D eigenvalue weighted by Gasteiger charge is 2.30. The maximum atomic E-state index is 12.7. The lowest BCUT2D eigenvalue weighted by atomic mass is 10.1. The number of hydrogen-bond acceptors (Lipinski definition) is 4. The molecular weight excluding hydrogens is 531 g/mol. The molecule has 206 valence electrons. The minimum absolute atomic E-state index is 0.129. The van der Waals surface area contributed by atoms with Crippen molar-refractivity contribution in [3.8, 4) is 11.3 Å². The number of carbonyl (C=O) groups excluding carboxylic acids is 1. The lowest BCUT2D eigenvalue weighted by Crippen LogP contribution is -2.29. The number of anilines is 1. The van der Waals surface area contributed by atoms with Gasteiger partial charge in [-0.3, -0.25) is 0 Å². The molecule has 0 radical (unpaired) electrons. The summed E-state index contributed by atoms with van der Waals surface area (Å²) in [7, 11) is -3.92. The van der Waals surface area contributed by atoms with E-state index < -0.39 is 27.8 Å². The van der Waals surface area contributed by atoms with Crippen LogP contribution in [0, 0.1) is 0 Å². The number of alkyl halides is 3. The molecule has 0 spiro atoms. The van der Waals surface area contributed by atoms with Gasteiger partial charge in [0.25, 0.3) is 0 Å². The van der Waals surface area contributed by atoms with Crippen LogP contribution in [0.5, 0.6) is 0 Å². The van der Waals surface area contributed by atoms with Crippen molar-refractivity contribution in [2.75, 3.05) is 11.9 Å². The van der Waals surface area contributed by atoms with Gasteiger partial charge in [0.05, 0.1) is 21.9 Å². The van der Waals surface area contributed by atoms with E-state index in [1.54, 1.807) is 17.7 Å². The summed E-state index contributed by atoms with van der Waals surface area (Å²) in [5.41, 5.74) is 2.51. The van der Waals surface area contributed by atoms with Gasteiger partial charge in [-0.25, -0.2) is 23.0 Å². The quantitative estimate of drug-likeness (QED) is 0.223. The summed E-state index contributed by atoms with van der Waals surface area (Å²) in [6.45, 7) is 5.56. The average molecular weight is 560 g/mol. The Hall–Kier alpha value is -4.16. The Morgan fingerprint density at radius 1 is 1.10 bits per heavy atom. The minimum atomic E-state index is -4.45. The number of nitrogens with zero attached hydrogens (tertiary/aromatic N) is 2. The number of sulfonamides is 1. The molecule has 0 atom stereocenters. The van der Waals surface area contributed by atoms with Crippen molar-refractivity contribution < 1.29 is 26.4 Å². The zero-order valence-corrected chi connectivity index (χ0v) is 21.9. The van der Waals surface area contributed by atoms with Crippen molar-refractivity contribution in [2.24, 2.45) is 5.14 Å². The second kappa shape index (κ2) is 12.6. The number of amides is 2. The zero-order valence-electron chi connectivity index (χ0n) is 21.1. The van der Waals surface area contributed by atoms with Gasteiger partial charge in [0.2, 0.25) is 10.0 Å². The highest BCUT2D eigenvalue weighted by atomic mass is 32.2. The molecule has 3 aromatic rings. The molecule has 1 heterocycles. The van der Waals surface area contributed by atoms with Crippen LogP contribution in [0.1, 0.15) is 24.6 Å². The molecule has 8 nitrogen and oxygen atoms in total. The van der Waals surface area contributed by atoms with E-state index in [9.17, 15) is 26.4 Å². The first kappa shape index (κ1) is 29.4. The monoisotopic (exact) mass is 559 g/mol. The van der Waals surface area contributed by atoms with Crippen LogP contribution in [-0.2, 0) is 22.6 Å². The number of nitrogens with one attached hydrogen (secondary N) is 2. The van der Waals surface area contributed by atoms with Crippen molar-refractivity contribution in [3.63, 3.8) is 0 Å². The SMILES string of the molecule is C=C/C(=C\C=C(/C)n1nc(CCCNC(=O)Nc2ccc(C(F)(F)F)cc2)cc1-c1ccccc1)S(N)(=O)=O. The fraction of sp³-hybridized carbons (Fsp3) is 0.185. The predicted octanol–water partition coefficient (Wildman–Crippen LogP) is 5.54. The first-order chi connectivity index (χ1) is 18.4. The van der Waals surface area contributed by atoms with Crippen LogP contribution in [0.3, 0.4) is 0 Å². The molecule has 3 rings (SSSR count). The van der Waals surface area contributed by atoms with Crippen LogP contribution in [-0.4, -0.2) is 30.8 Å². The number of benzene rings is 2. The fourth-order valence-electron chi connectivity index (χ4n) is 3.58. The second-order valence-electron chi connectivity index (χ2n) is 8.48. The van der Waals surface area contributed by atoms with E-state index in [4.69, 9.17) is 5.14 Å². The molecule has 0 fully saturated rings. The molecule has 0 aliphatic carbocycles. The fourth-order valence-corrected chi connectivity index (χ4v) is 4.07. The molecule has 2 amide bonds. The largest absolute Gasteiger partial charge is 0.416 e. The van der Waals surface area contributed by atoms with Crippen molar-refractivity contribution >= 4 is 27.4 Å². The number of carbonyl (C=O) groups is 1. The molecule has 0 saturated carbocycles. The van der Waals surface area contributed by atoms with Crippen LogP contribution in [0.15, 0.2) is 90.4 Å². The summed E-state index contributed by atoms with van der Waals surface area (Å²) in [5, 5.41) is 15.0. The molecule has 12 heteroatoms. The molecule has 39 heavy (non-hydrogen) atoms. The van der Waals surface area contributed by atoms with Gasteiger partial charge in [0, 0.05) is 23.5 Å². The molecular formula is C27H28F3N5O3S. The number of allylic oxidation sites excluding steroid dienone is 4. The maximum Gasteiger partial charge on any atom is 0.416 e. The van der Waals surface area contributed by atoms with Crippen molar-refractivity contribution in [1.29, 1.82) is 0 Å². The Labute approximate surface area is 224 Å². The van der Waals surface area contributed by atoms with Crippen LogP contribution >= 0.6 is 0 Å². The molecule has 0 bridgehead atoms. The van der Waals surface area contributed by atoms with Crippen LogP contribution in [0.2, 0.25) is 0 Å². The Bertz CT molecular complexity index is 1480. The third kappa shape index (κ3) is 8.42.